The molecule has 3 rings (SSSR count). The average molecular weight is 308 g/mol. The van der Waals surface area contributed by atoms with Crippen molar-refractivity contribution >= 4 is 5.71 Å². The van der Waals surface area contributed by atoms with E-state index in [4.69, 9.17) is 0 Å². The van der Waals surface area contributed by atoms with Crippen LogP contribution in [0.1, 0.15) is 31.0 Å². The quantitative estimate of drug-likeness (QED) is 0.820. The molecule has 2 unspecified atom stereocenters. The minimum absolute atomic E-state index is 0.0843. The first-order valence-corrected chi connectivity index (χ1v) is 7.18. The van der Waals surface area contributed by atoms with Crippen molar-refractivity contribution in [3.63, 3.8) is 0 Å². The van der Waals surface area contributed by atoms with E-state index in [1.807, 2.05) is 24.3 Å². The van der Waals surface area contributed by atoms with E-state index >= 15 is 0 Å². The number of fused-ring (bicyclic) bond motifs is 1. The second-order valence-electron chi connectivity index (χ2n) is 5.92. The van der Waals surface area contributed by atoms with E-state index in [9.17, 15) is 13.2 Å². The van der Waals surface area contributed by atoms with E-state index in [-0.39, 0.29) is 17.7 Å². The van der Waals surface area contributed by atoms with E-state index in [0.29, 0.717) is 5.70 Å². The Morgan fingerprint density at radius 2 is 1.91 bits per heavy atom. The van der Waals surface area contributed by atoms with Gasteiger partial charge < -0.3 is 4.90 Å². The van der Waals surface area contributed by atoms with Crippen LogP contribution in [0.15, 0.2) is 40.8 Å². The molecular formula is C16H17F3N3. The molecule has 1 aromatic carbocycles. The Hall–Kier alpha value is -1.98. The second kappa shape index (κ2) is 5.04. The highest BCUT2D eigenvalue weighted by molar-refractivity contribution is 6.05. The third kappa shape index (κ3) is 2.26. The Labute approximate surface area is 127 Å². The molecule has 2 aliphatic rings. The van der Waals surface area contributed by atoms with Gasteiger partial charge in [0.1, 0.15) is 0 Å². The molecule has 0 saturated heterocycles. The second-order valence-corrected chi connectivity index (χ2v) is 5.92. The summed E-state index contributed by atoms with van der Waals surface area (Å²) in [5, 5.41) is 3.34. The summed E-state index contributed by atoms with van der Waals surface area (Å²) in [5.74, 6) is 0.234. The molecule has 0 saturated carbocycles. The fraction of sp³-hybridized carbons (Fsp3) is 0.438. The molecular weight excluding hydrogens is 291 g/mol. The lowest BCUT2D eigenvalue weighted by atomic mass is 9.99. The highest BCUT2D eigenvalue weighted by Gasteiger charge is 2.46. The number of alkyl halides is 3. The summed E-state index contributed by atoms with van der Waals surface area (Å²) < 4.78 is 39.5. The van der Waals surface area contributed by atoms with Crippen molar-refractivity contribution in [2.24, 2.45) is 11.0 Å². The van der Waals surface area contributed by atoms with Gasteiger partial charge in [-0.2, -0.15) is 18.6 Å². The van der Waals surface area contributed by atoms with Crippen molar-refractivity contribution in [3.05, 3.63) is 46.8 Å². The van der Waals surface area contributed by atoms with Crippen LogP contribution in [-0.2, 0) is 6.42 Å². The number of halogens is 3. The molecule has 1 radical (unpaired) electrons. The van der Waals surface area contributed by atoms with Gasteiger partial charge in [0.05, 0.1) is 17.4 Å². The van der Waals surface area contributed by atoms with Gasteiger partial charge in [-0.3, -0.25) is 0 Å². The maximum atomic E-state index is 13.2. The molecule has 0 N–H and O–H groups in total. The molecule has 1 aromatic rings. The Morgan fingerprint density at radius 1 is 1.23 bits per heavy atom. The third-order valence-electron chi connectivity index (χ3n) is 4.36. The zero-order chi connectivity index (χ0) is 16.1. The van der Waals surface area contributed by atoms with Crippen molar-refractivity contribution in [1.29, 1.82) is 0 Å². The largest absolute Gasteiger partial charge is 0.437 e. The first kappa shape index (κ1) is 14.9. The summed E-state index contributed by atoms with van der Waals surface area (Å²) >= 11 is 0. The van der Waals surface area contributed by atoms with Gasteiger partial charge in [0.2, 0.25) is 0 Å². The monoisotopic (exact) mass is 308 g/mol. The number of hydrogen-bond acceptors (Lipinski definition) is 2. The van der Waals surface area contributed by atoms with Gasteiger partial charge in [-0.1, -0.05) is 31.2 Å². The molecule has 6 heteroatoms. The fourth-order valence-electron chi connectivity index (χ4n) is 3.51. The van der Waals surface area contributed by atoms with E-state index < -0.39 is 11.9 Å². The highest BCUT2D eigenvalue weighted by atomic mass is 19.4. The number of hydrogen-bond donors (Lipinski definition) is 0. The lowest BCUT2D eigenvalue weighted by molar-refractivity contribution is -0.0595. The summed E-state index contributed by atoms with van der Waals surface area (Å²) in [7, 11) is 1.70. The SMILES string of the molecule is CC1=C(N(C)C2c3ccccc3CC2C)C(C(F)(F)F)=N[N]1. The van der Waals surface area contributed by atoms with Gasteiger partial charge in [-0.05, 0) is 30.4 Å². The summed E-state index contributed by atoms with van der Waals surface area (Å²) in [6.45, 7) is 3.63. The molecule has 0 aromatic heterocycles. The molecule has 1 heterocycles. The molecule has 1 aliphatic heterocycles. The van der Waals surface area contributed by atoms with Crippen LogP contribution in [0.25, 0.3) is 0 Å². The Kier molecular flexibility index (Phi) is 3.42. The average Bonchev–Trinajstić information content (AvgIpc) is 2.97. The number of benzene rings is 1. The zero-order valence-electron chi connectivity index (χ0n) is 12.6. The molecule has 3 nitrogen and oxygen atoms in total. The molecule has 0 bridgehead atoms. The molecule has 0 spiro atoms. The lowest BCUT2D eigenvalue weighted by Crippen LogP contribution is -2.35. The van der Waals surface area contributed by atoms with Crippen LogP contribution in [0, 0.1) is 5.92 Å². The van der Waals surface area contributed by atoms with Crippen molar-refractivity contribution in [2.75, 3.05) is 7.05 Å². The van der Waals surface area contributed by atoms with Crippen LogP contribution in [0.3, 0.4) is 0 Å². The molecule has 0 amide bonds. The number of nitrogens with zero attached hydrogens (tertiary/aromatic N) is 3. The van der Waals surface area contributed by atoms with Gasteiger partial charge in [0.25, 0.3) is 0 Å². The maximum Gasteiger partial charge on any atom is 0.437 e. The van der Waals surface area contributed by atoms with E-state index in [1.54, 1.807) is 18.9 Å². The normalized spacial score (nSPS) is 24.2. The summed E-state index contributed by atoms with van der Waals surface area (Å²) in [6, 6.07) is 7.83. The van der Waals surface area contributed by atoms with Crippen LogP contribution in [0.4, 0.5) is 13.2 Å². The van der Waals surface area contributed by atoms with Crippen LogP contribution < -0.4 is 5.43 Å². The Morgan fingerprint density at radius 3 is 2.59 bits per heavy atom. The Bertz CT molecular complexity index is 661. The summed E-state index contributed by atoms with van der Waals surface area (Å²) in [6.07, 6.45) is -3.63. The molecule has 117 valence electrons. The van der Waals surface area contributed by atoms with E-state index in [1.165, 1.54) is 5.56 Å². The standard InChI is InChI=1S/C16H17F3N3/c1-9-8-11-6-4-5-7-12(11)13(9)22(3)14-10(2)20-21-15(14)16(17,18)19/h4-7,9,13H,8H2,1-3H3. The number of allylic oxidation sites excluding steroid dienone is 2. The van der Waals surface area contributed by atoms with Crippen molar-refractivity contribution in [2.45, 2.75) is 32.5 Å². The van der Waals surface area contributed by atoms with Gasteiger partial charge in [0, 0.05) is 7.05 Å². The summed E-state index contributed by atoms with van der Waals surface area (Å²) in [5.41, 5.74) is 5.43. The molecule has 0 fully saturated rings. The minimum atomic E-state index is -4.49. The van der Waals surface area contributed by atoms with Gasteiger partial charge >= 0.3 is 6.18 Å². The predicted molar refractivity (Wildman–Crippen MR) is 78.1 cm³/mol. The molecule has 2 atom stereocenters. The van der Waals surface area contributed by atoms with Crippen molar-refractivity contribution in [3.8, 4) is 0 Å². The van der Waals surface area contributed by atoms with Crippen molar-refractivity contribution in [1.82, 2.24) is 10.3 Å². The lowest BCUT2D eigenvalue weighted by Gasteiger charge is -2.32. The van der Waals surface area contributed by atoms with E-state index in [0.717, 1.165) is 12.0 Å². The topological polar surface area (TPSA) is 29.7 Å². The third-order valence-corrected chi connectivity index (χ3v) is 4.36. The smallest absolute Gasteiger partial charge is 0.364 e. The highest BCUT2D eigenvalue weighted by Crippen LogP contribution is 2.43. The zero-order valence-corrected chi connectivity index (χ0v) is 12.6. The molecule has 1 aliphatic carbocycles. The van der Waals surface area contributed by atoms with Crippen LogP contribution >= 0.6 is 0 Å². The number of rotatable bonds is 2. The van der Waals surface area contributed by atoms with Crippen LogP contribution in [0.2, 0.25) is 0 Å². The first-order valence-electron chi connectivity index (χ1n) is 7.18. The minimum Gasteiger partial charge on any atom is -0.364 e. The van der Waals surface area contributed by atoms with Crippen LogP contribution in [-0.4, -0.2) is 23.8 Å². The predicted octanol–water partition coefficient (Wildman–Crippen LogP) is 3.62. The van der Waals surface area contributed by atoms with Gasteiger partial charge in [-0.25, -0.2) is 0 Å². The van der Waals surface area contributed by atoms with Crippen LogP contribution in [0.5, 0.6) is 0 Å². The summed E-state index contributed by atoms with van der Waals surface area (Å²) in [4.78, 5) is 1.69. The maximum absolute atomic E-state index is 13.2. The Balaban J connectivity index is 1.99. The van der Waals surface area contributed by atoms with Gasteiger partial charge in [-0.15, -0.1) is 5.10 Å². The first-order chi connectivity index (χ1) is 10.3. The van der Waals surface area contributed by atoms with E-state index in [2.05, 4.69) is 17.5 Å². The molecule has 22 heavy (non-hydrogen) atoms. The van der Waals surface area contributed by atoms with Gasteiger partial charge in [0.15, 0.2) is 5.71 Å². The fourth-order valence-corrected chi connectivity index (χ4v) is 3.51. The van der Waals surface area contributed by atoms with Crippen molar-refractivity contribution < 1.29 is 13.2 Å².